The van der Waals surface area contributed by atoms with Crippen LogP contribution in [-0.2, 0) is 4.79 Å². The highest BCUT2D eigenvalue weighted by Gasteiger charge is 2.20. The Labute approximate surface area is 205 Å². The fraction of sp³-hybridized carbons (Fsp3) is 0.375. The highest BCUT2D eigenvalue weighted by atomic mass is 35.5. The summed E-state index contributed by atoms with van der Waals surface area (Å²) in [7, 11) is 0. The predicted molar refractivity (Wildman–Crippen MR) is 136 cm³/mol. The molecular weight excluding hydrogens is 460 g/mol. The Morgan fingerprint density at radius 3 is 2.36 bits per heavy atom. The Kier molecular flexibility index (Phi) is 8.91. The fourth-order valence-electron chi connectivity index (χ4n) is 3.59. The smallest absolute Gasteiger partial charge is 0.257 e. The molecule has 1 aliphatic heterocycles. The molecule has 9 heteroatoms. The quantitative estimate of drug-likeness (QED) is 0.565. The summed E-state index contributed by atoms with van der Waals surface area (Å²) < 4.78 is 5.39. The average molecular weight is 489 g/mol. The minimum absolute atomic E-state index is 0.195. The summed E-state index contributed by atoms with van der Waals surface area (Å²) in [6.45, 7) is 7.48. The van der Waals surface area contributed by atoms with Crippen LogP contribution in [0.5, 0.6) is 5.75 Å². The third-order valence-electron chi connectivity index (χ3n) is 5.31. The van der Waals surface area contributed by atoms with Crippen molar-refractivity contribution in [2.24, 2.45) is 0 Å². The zero-order chi connectivity index (χ0) is 23.8. The number of carbonyl (C=O) groups is 2. The lowest BCUT2D eigenvalue weighted by atomic mass is 10.2. The van der Waals surface area contributed by atoms with E-state index in [0.717, 1.165) is 44.0 Å². The standard InChI is InChI=1S/C24H29ClN4O3S/c1-3-5-22(30)29-14-12-28(13-15-29)19-9-7-18(8-10-19)26-24(33)27-23(31)17-6-11-21(32-4-2)20(25)16-17/h6-11,16H,3-5,12-15H2,1-2H3,(H2,26,27,31,33). The van der Waals surface area contributed by atoms with Crippen LogP contribution < -0.4 is 20.3 Å². The Bertz CT molecular complexity index is 992. The number of nitrogens with zero attached hydrogens (tertiary/aromatic N) is 2. The van der Waals surface area contributed by atoms with Crippen molar-refractivity contribution in [2.45, 2.75) is 26.7 Å². The van der Waals surface area contributed by atoms with Crippen molar-refractivity contribution in [3.63, 3.8) is 0 Å². The van der Waals surface area contributed by atoms with Gasteiger partial charge in [-0.2, -0.15) is 0 Å². The third kappa shape index (κ3) is 6.82. The van der Waals surface area contributed by atoms with E-state index in [-0.39, 0.29) is 16.9 Å². The van der Waals surface area contributed by atoms with Crippen LogP contribution >= 0.6 is 23.8 Å². The van der Waals surface area contributed by atoms with Crippen molar-refractivity contribution in [3.05, 3.63) is 53.1 Å². The van der Waals surface area contributed by atoms with Gasteiger partial charge in [-0.05, 0) is 68.0 Å². The second kappa shape index (κ2) is 11.9. The van der Waals surface area contributed by atoms with Gasteiger partial charge in [0, 0.05) is 49.5 Å². The fourth-order valence-corrected chi connectivity index (χ4v) is 4.04. The van der Waals surface area contributed by atoms with Gasteiger partial charge in [0.05, 0.1) is 11.6 Å². The molecule has 2 amide bonds. The minimum atomic E-state index is -0.357. The van der Waals surface area contributed by atoms with Crippen molar-refractivity contribution in [1.82, 2.24) is 10.2 Å². The number of benzene rings is 2. The number of amides is 2. The lowest BCUT2D eigenvalue weighted by molar-refractivity contribution is -0.131. The van der Waals surface area contributed by atoms with Gasteiger partial charge in [0.25, 0.3) is 5.91 Å². The largest absolute Gasteiger partial charge is 0.492 e. The summed E-state index contributed by atoms with van der Waals surface area (Å²) >= 11 is 11.4. The lowest BCUT2D eigenvalue weighted by Crippen LogP contribution is -2.48. The van der Waals surface area contributed by atoms with Crippen LogP contribution in [0.1, 0.15) is 37.0 Å². The van der Waals surface area contributed by atoms with Crippen molar-refractivity contribution in [1.29, 1.82) is 0 Å². The molecule has 2 aromatic carbocycles. The number of hydrogen-bond donors (Lipinski definition) is 2. The van der Waals surface area contributed by atoms with Crippen LogP contribution in [0.15, 0.2) is 42.5 Å². The summed E-state index contributed by atoms with van der Waals surface area (Å²) in [5.74, 6) is 0.412. The third-order valence-corrected chi connectivity index (χ3v) is 5.81. The molecule has 1 aliphatic rings. The second-order valence-corrected chi connectivity index (χ2v) is 8.47. The van der Waals surface area contributed by atoms with Gasteiger partial charge in [-0.15, -0.1) is 0 Å². The molecule has 1 heterocycles. The molecule has 0 bridgehead atoms. The summed E-state index contributed by atoms with van der Waals surface area (Å²) in [5.41, 5.74) is 2.24. The number of anilines is 2. The van der Waals surface area contributed by atoms with Gasteiger partial charge in [0.2, 0.25) is 5.91 Å². The van der Waals surface area contributed by atoms with Crippen molar-refractivity contribution >= 4 is 52.1 Å². The van der Waals surface area contributed by atoms with E-state index >= 15 is 0 Å². The van der Waals surface area contributed by atoms with Gasteiger partial charge in [-0.3, -0.25) is 14.9 Å². The molecule has 0 saturated carbocycles. The van der Waals surface area contributed by atoms with E-state index < -0.39 is 0 Å². The van der Waals surface area contributed by atoms with Crippen molar-refractivity contribution < 1.29 is 14.3 Å². The van der Waals surface area contributed by atoms with Crippen LogP contribution in [-0.4, -0.2) is 54.6 Å². The topological polar surface area (TPSA) is 73.9 Å². The van der Waals surface area contributed by atoms with Crippen LogP contribution in [0.3, 0.4) is 0 Å². The number of carbonyl (C=O) groups excluding carboxylic acids is 2. The summed E-state index contributed by atoms with van der Waals surface area (Å²) in [6.07, 6.45) is 1.49. The molecule has 2 aromatic rings. The molecule has 176 valence electrons. The first kappa shape index (κ1) is 24.8. The van der Waals surface area contributed by atoms with Crippen LogP contribution in [0, 0.1) is 0 Å². The maximum atomic E-state index is 12.5. The second-order valence-electron chi connectivity index (χ2n) is 7.65. The Morgan fingerprint density at radius 1 is 1.06 bits per heavy atom. The molecule has 33 heavy (non-hydrogen) atoms. The first-order valence-corrected chi connectivity index (χ1v) is 11.9. The molecule has 0 aromatic heterocycles. The molecular formula is C24H29ClN4O3S. The van der Waals surface area contributed by atoms with Crippen LogP contribution in [0.25, 0.3) is 0 Å². The summed E-state index contributed by atoms with van der Waals surface area (Å²) in [5, 5.41) is 6.25. The Balaban J connectivity index is 1.50. The van der Waals surface area contributed by atoms with E-state index in [4.69, 9.17) is 28.6 Å². The van der Waals surface area contributed by atoms with Crippen LogP contribution in [0.2, 0.25) is 5.02 Å². The Morgan fingerprint density at radius 2 is 1.76 bits per heavy atom. The summed E-state index contributed by atoms with van der Waals surface area (Å²) in [4.78, 5) is 28.7. The highest BCUT2D eigenvalue weighted by Crippen LogP contribution is 2.25. The van der Waals surface area contributed by atoms with E-state index in [1.807, 2.05) is 43.0 Å². The van der Waals surface area contributed by atoms with E-state index in [0.29, 0.717) is 29.4 Å². The average Bonchev–Trinajstić information content (AvgIpc) is 2.81. The number of hydrogen-bond acceptors (Lipinski definition) is 5. The molecule has 1 saturated heterocycles. The molecule has 3 rings (SSSR count). The normalized spacial score (nSPS) is 13.4. The van der Waals surface area contributed by atoms with Crippen molar-refractivity contribution in [3.8, 4) is 5.75 Å². The molecule has 0 radical (unpaired) electrons. The first-order valence-electron chi connectivity index (χ1n) is 11.1. The zero-order valence-corrected chi connectivity index (χ0v) is 20.5. The lowest BCUT2D eigenvalue weighted by Gasteiger charge is -2.36. The van der Waals surface area contributed by atoms with Gasteiger partial charge in [0.15, 0.2) is 5.11 Å². The van der Waals surface area contributed by atoms with Crippen molar-refractivity contribution in [2.75, 3.05) is 43.0 Å². The van der Waals surface area contributed by atoms with Gasteiger partial charge in [-0.1, -0.05) is 18.5 Å². The number of piperazine rings is 1. The van der Waals surface area contributed by atoms with E-state index in [1.54, 1.807) is 18.2 Å². The predicted octanol–water partition coefficient (Wildman–Crippen LogP) is 4.31. The van der Waals surface area contributed by atoms with E-state index in [9.17, 15) is 9.59 Å². The maximum absolute atomic E-state index is 12.5. The molecule has 1 fully saturated rings. The number of nitrogens with one attached hydrogen (secondary N) is 2. The monoisotopic (exact) mass is 488 g/mol. The highest BCUT2D eigenvalue weighted by molar-refractivity contribution is 7.80. The van der Waals surface area contributed by atoms with Gasteiger partial charge >= 0.3 is 0 Å². The molecule has 2 N–H and O–H groups in total. The summed E-state index contributed by atoms with van der Waals surface area (Å²) in [6, 6.07) is 12.7. The van der Waals surface area contributed by atoms with Gasteiger partial charge in [0.1, 0.15) is 5.75 Å². The van der Waals surface area contributed by atoms with E-state index in [1.165, 1.54) is 0 Å². The first-order chi connectivity index (χ1) is 15.9. The molecule has 0 spiro atoms. The molecule has 0 atom stereocenters. The SMILES string of the molecule is CCCC(=O)N1CCN(c2ccc(NC(=S)NC(=O)c3ccc(OCC)c(Cl)c3)cc2)CC1. The molecule has 7 nitrogen and oxygen atoms in total. The number of thiocarbonyl (C=S) groups is 1. The minimum Gasteiger partial charge on any atom is -0.492 e. The maximum Gasteiger partial charge on any atom is 0.257 e. The Hall–Kier alpha value is -2.84. The van der Waals surface area contributed by atoms with Crippen LogP contribution in [0.4, 0.5) is 11.4 Å². The van der Waals surface area contributed by atoms with E-state index in [2.05, 4.69) is 15.5 Å². The van der Waals surface area contributed by atoms with Gasteiger partial charge in [-0.25, -0.2) is 0 Å². The number of rotatable bonds is 7. The number of halogens is 1. The number of ether oxygens (including phenoxy) is 1. The van der Waals surface area contributed by atoms with Gasteiger partial charge < -0.3 is 19.9 Å². The molecule has 0 unspecified atom stereocenters. The molecule has 0 aliphatic carbocycles. The zero-order valence-electron chi connectivity index (χ0n) is 18.9.